The van der Waals surface area contributed by atoms with Crippen LogP contribution in [-0.4, -0.2) is 6.04 Å². The standard InChI is InChI=1S/C10H13N.C3H8/c11-10-6-5-8-3-1-2-4-9(8)7-10;1-3-2/h1-4,10H,5-7,11H2;3H2,1-2H3. The van der Waals surface area contributed by atoms with Crippen LogP contribution >= 0.6 is 0 Å². The summed E-state index contributed by atoms with van der Waals surface area (Å²) in [5, 5.41) is 0. The van der Waals surface area contributed by atoms with Crippen molar-refractivity contribution in [2.45, 2.75) is 45.6 Å². The van der Waals surface area contributed by atoms with E-state index in [1.807, 2.05) is 0 Å². The van der Waals surface area contributed by atoms with Gasteiger partial charge in [-0.05, 0) is 30.4 Å². The molecule has 1 heteroatoms. The molecule has 1 aliphatic rings. The molecule has 0 aromatic heterocycles. The Morgan fingerprint density at radius 3 is 2.43 bits per heavy atom. The van der Waals surface area contributed by atoms with Crippen LogP contribution in [0.15, 0.2) is 24.3 Å². The van der Waals surface area contributed by atoms with Crippen LogP contribution in [0.1, 0.15) is 37.8 Å². The Bertz CT molecular complexity index is 268. The number of fused-ring (bicyclic) bond motifs is 1. The van der Waals surface area contributed by atoms with Crippen LogP contribution in [0.5, 0.6) is 0 Å². The molecule has 2 N–H and O–H groups in total. The average Bonchev–Trinajstić information content (AvgIpc) is 2.19. The molecule has 0 spiro atoms. The van der Waals surface area contributed by atoms with E-state index >= 15 is 0 Å². The van der Waals surface area contributed by atoms with Gasteiger partial charge in [0.05, 0.1) is 0 Å². The van der Waals surface area contributed by atoms with E-state index in [2.05, 4.69) is 38.1 Å². The molecule has 0 heterocycles. The first-order chi connectivity index (χ1) is 6.77. The topological polar surface area (TPSA) is 26.0 Å². The van der Waals surface area contributed by atoms with Gasteiger partial charge in [0.25, 0.3) is 0 Å². The first-order valence-electron chi connectivity index (χ1n) is 5.60. The number of benzene rings is 1. The Kier molecular flexibility index (Phi) is 4.68. The molecular formula is C13H21N. The van der Waals surface area contributed by atoms with E-state index in [0.29, 0.717) is 6.04 Å². The fourth-order valence-corrected chi connectivity index (χ4v) is 1.73. The van der Waals surface area contributed by atoms with Crippen molar-refractivity contribution in [2.24, 2.45) is 5.73 Å². The van der Waals surface area contributed by atoms with E-state index in [-0.39, 0.29) is 0 Å². The Hall–Kier alpha value is -0.820. The monoisotopic (exact) mass is 191 g/mol. The quantitative estimate of drug-likeness (QED) is 0.670. The van der Waals surface area contributed by atoms with Gasteiger partial charge >= 0.3 is 0 Å². The highest BCUT2D eigenvalue weighted by Crippen LogP contribution is 2.19. The molecule has 1 atom stereocenters. The molecule has 0 saturated carbocycles. The zero-order chi connectivity index (χ0) is 10.4. The molecule has 14 heavy (non-hydrogen) atoms. The third-order valence-corrected chi connectivity index (χ3v) is 2.38. The van der Waals surface area contributed by atoms with Crippen molar-refractivity contribution in [3.05, 3.63) is 35.4 Å². The molecule has 78 valence electrons. The molecule has 1 aromatic carbocycles. The lowest BCUT2D eigenvalue weighted by Crippen LogP contribution is -2.27. The lowest BCUT2D eigenvalue weighted by atomic mass is 9.89. The van der Waals surface area contributed by atoms with Crippen molar-refractivity contribution in [3.63, 3.8) is 0 Å². The van der Waals surface area contributed by atoms with E-state index in [9.17, 15) is 0 Å². The summed E-state index contributed by atoms with van der Waals surface area (Å²) in [6, 6.07) is 8.99. The van der Waals surface area contributed by atoms with Crippen molar-refractivity contribution in [3.8, 4) is 0 Å². The predicted molar refractivity (Wildman–Crippen MR) is 62.4 cm³/mol. The SMILES string of the molecule is CCC.NC1CCc2ccccc2C1. The highest BCUT2D eigenvalue weighted by atomic mass is 14.6. The van der Waals surface area contributed by atoms with E-state index in [4.69, 9.17) is 5.73 Å². The minimum atomic E-state index is 0.393. The van der Waals surface area contributed by atoms with Crippen LogP contribution in [0.25, 0.3) is 0 Å². The fourth-order valence-electron chi connectivity index (χ4n) is 1.73. The minimum Gasteiger partial charge on any atom is -0.327 e. The fraction of sp³-hybridized carbons (Fsp3) is 0.538. The first kappa shape index (κ1) is 11.3. The van der Waals surface area contributed by atoms with Gasteiger partial charge in [0, 0.05) is 6.04 Å². The van der Waals surface area contributed by atoms with Crippen LogP contribution < -0.4 is 5.73 Å². The summed E-state index contributed by atoms with van der Waals surface area (Å²) in [5.74, 6) is 0. The van der Waals surface area contributed by atoms with Gasteiger partial charge in [0.15, 0.2) is 0 Å². The van der Waals surface area contributed by atoms with Crippen LogP contribution in [0, 0.1) is 0 Å². The molecule has 0 fully saturated rings. The number of hydrogen-bond acceptors (Lipinski definition) is 1. The molecule has 1 unspecified atom stereocenters. The van der Waals surface area contributed by atoms with E-state index in [1.54, 1.807) is 0 Å². The maximum absolute atomic E-state index is 5.85. The summed E-state index contributed by atoms with van der Waals surface area (Å²) in [6.07, 6.45) is 4.63. The van der Waals surface area contributed by atoms with Gasteiger partial charge in [-0.1, -0.05) is 44.5 Å². The Morgan fingerprint density at radius 2 is 1.79 bits per heavy atom. The predicted octanol–water partition coefficient (Wildman–Crippen LogP) is 2.92. The molecule has 2 rings (SSSR count). The first-order valence-corrected chi connectivity index (χ1v) is 5.60. The van der Waals surface area contributed by atoms with Gasteiger partial charge in [-0.3, -0.25) is 0 Å². The van der Waals surface area contributed by atoms with E-state index < -0.39 is 0 Å². The van der Waals surface area contributed by atoms with Crippen LogP contribution in [0.2, 0.25) is 0 Å². The molecule has 0 amide bonds. The zero-order valence-electron chi connectivity index (χ0n) is 9.29. The van der Waals surface area contributed by atoms with Crippen molar-refractivity contribution >= 4 is 0 Å². The number of nitrogens with two attached hydrogens (primary N) is 1. The highest BCUT2D eigenvalue weighted by Gasteiger charge is 2.13. The van der Waals surface area contributed by atoms with E-state index in [0.717, 1.165) is 19.3 Å². The van der Waals surface area contributed by atoms with Gasteiger partial charge in [0.2, 0.25) is 0 Å². The molecule has 1 aliphatic carbocycles. The summed E-state index contributed by atoms with van der Waals surface area (Å²) in [5.41, 5.74) is 8.79. The van der Waals surface area contributed by atoms with Gasteiger partial charge < -0.3 is 5.73 Å². The number of aryl methyl sites for hydroxylation is 1. The Morgan fingerprint density at radius 1 is 1.21 bits per heavy atom. The summed E-state index contributed by atoms with van der Waals surface area (Å²) >= 11 is 0. The van der Waals surface area contributed by atoms with Crippen molar-refractivity contribution in [1.29, 1.82) is 0 Å². The second-order valence-corrected chi connectivity index (χ2v) is 3.98. The molecule has 0 saturated heterocycles. The molecular weight excluding hydrogens is 170 g/mol. The molecule has 0 bridgehead atoms. The molecule has 1 nitrogen and oxygen atoms in total. The third kappa shape index (κ3) is 3.15. The van der Waals surface area contributed by atoms with Gasteiger partial charge in [-0.15, -0.1) is 0 Å². The van der Waals surface area contributed by atoms with E-state index in [1.165, 1.54) is 17.5 Å². The normalized spacial score (nSPS) is 19.2. The highest BCUT2D eigenvalue weighted by molar-refractivity contribution is 5.30. The van der Waals surface area contributed by atoms with Gasteiger partial charge in [0.1, 0.15) is 0 Å². The number of rotatable bonds is 0. The zero-order valence-corrected chi connectivity index (χ0v) is 9.29. The largest absolute Gasteiger partial charge is 0.327 e. The van der Waals surface area contributed by atoms with Crippen molar-refractivity contribution < 1.29 is 0 Å². The second kappa shape index (κ2) is 5.82. The maximum Gasteiger partial charge on any atom is 0.00825 e. The average molecular weight is 191 g/mol. The third-order valence-electron chi connectivity index (χ3n) is 2.38. The van der Waals surface area contributed by atoms with Crippen molar-refractivity contribution in [1.82, 2.24) is 0 Å². The van der Waals surface area contributed by atoms with Crippen LogP contribution in [-0.2, 0) is 12.8 Å². The lowest BCUT2D eigenvalue weighted by Gasteiger charge is -2.20. The van der Waals surface area contributed by atoms with Gasteiger partial charge in [-0.2, -0.15) is 0 Å². The van der Waals surface area contributed by atoms with Crippen molar-refractivity contribution in [2.75, 3.05) is 0 Å². The summed E-state index contributed by atoms with van der Waals surface area (Å²) < 4.78 is 0. The van der Waals surface area contributed by atoms with Crippen LogP contribution in [0.4, 0.5) is 0 Å². The smallest absolute Gasteiger partial charge is 0.00825 e. The lowest BCUT2D eigenvalue weighted by molar-refractivity contribution is 0.576. The second-order valence-electron chi connectivity index (χ2n) is 3.98. The summed E-state index contributed by atoms with van der Waals surface area (Å²) in [4.78, 5) is 0. The van der Waals surface area contributed by atoms with Crippen LogP contribution in [0.3, 0.4) is 0 Å². The number of hydrogen-bond donors (Lipinski definition) is 1. The molecule has 0 radical (unpaired) electrons. The summed E-state index contributed by atoms with van der Waals surface area (Å²) in [6.45, 7) is 4.25. The molecule has 1 aromatic rings. The molecule has 0 aliphatic heterocycles. The maximum atomic E-state index is 5.85. The Labute approximate surface area is 87.3 Å². The summed E-state index contributed by atoms with van der Waals surface area (Å²) in [7, 11) is 0. The Balaban J connectivity index is 0.000000293. The van der Waals surface area contributed by atoms with Gasteiger partial charge in [-0.25, -0.2) is 0 Å². The minimum absolute atomic E-state index is 0.393.